The van der Waals surface area contributed by atoms with Gasteiger partial charge in [-0.15, -0.1) is 0 Å². The van der Waals surface area contributed by atoms with E-state index in [2.05, 4.69) is 10.2 Å². The minimum atomic E-state index is -1.01. The van der Waals surface area contributed by atoms with E-state index in [0.717, 1.165) is 18.5 Å². The van der Waals surface area contributed by atoms with Crippen LogP contribution in [0.2, 0.25) is 0 Å². The maximum Gasteiger partial charge on any atom is 0.326 e. The van der Waals surface area contributed by atoms with Crippen LogP contribution < -0.4 is 10.2 Å². The Kier molecular flexibility index (Phi) is 3.50. The number of amides is 1. The second-order valence-corrected chi connectivity index (χ2v) is 4.51. The van der Waals surface area contributed by atoms with Gasteiger partial charge in [-0.25, -0.2) is 4.79 Å². The van der Waals surface area contributed by atoms with E-state index in [1.807, 2.05) is 25.2 Å². The lowest BCUT2D eigenvalue weighted by Crippen LogP contribution is -2.37. The minimum absolute atomic E-state index is 0.311. The van der Waals surface area contributed by atoms with Crippen LogP contribution in [-0.4, -0.2) is 37.1 Å². The number of rotatable bonds is 5. The Morgan fingerprint density at radius 2 is 2.39 bits per heavy atom. The number of anilines is 1. The van der Waals surface area contributed by atoms with Gasteiger partial charge in [0.25, 0.3) is 0 Å². The van der Waals surface area contributed by atoms with Crippen LogP contribution in [0, 0.1) is 0 Å². The first-order valence-corrected chi connectivity index (χ1v) is 5.87. The quantitative estimate of drug-likeness (QED) is 0.741. The van der Waals surface area contributed by atoms with Gasteiger partial charge in [0.2, 0.25) is 6.41 Å². The van der Waals surface area contributed by atoms with Crippen molar-refractivity contribution in [1.82, 2.24) is 5.32 Å². The first kappa shape index (κ1) is 12.4. The molecule has 5 heteroatoms. The van der Waals surface area contributed by atoms with Crippen molar-refractivity contribution in [3.63, 3.8) is 0 Å². The van der Waals surface area contributed by atoms with Crippen LogP contribution in [0.5, 0.6) is 0 Å². The van der Waals surface area contributed by atoms with Gasteiger partial charge in [0, 0.05) is 25.7 Å². The molecule has 0 saturated carbocycles. The molecule has 1 unspecified atom stereocenters. The SMILES string of the molecule is CN1CCc2cc(CC(NC=O)C(=O)O)ccc21. The predicted molar refractivity (Wildman–Crippen MR) is 67.7 cm³/mol. The van der Waals surface area contributed by atoms with Crippen molar-refractivity contribution in [2.45, 2.75) is 18.9 Å². The summed E-state index contributed by atoms with van der Waals surface area (Å²) < 4.78 is 0. The lowest BCUT2D eigenvalue weighted by molar-refractivity contribution is -0.140. The fourth-order valence-electron chi connectivity index (χ4n) is 2.28. The van der Waals surface area contributed by atoms with Gasteiger partial charge < -0.3 is 15.3 Å². The molecule has 0 saturated heterocycles. The molecule has 0 spiro atoms. The summed E-state index contributed by atoms with van der Waals surface area (Å²) in [5.74, 6) is -1.01. The number of carboxylic acids is 1. The number of hydrogen-bond donors (Lipinski definition) is 2. The maximum atomic E-state index is 10.9. The van der Waals surface area contributed by atoms with Crippen molar-refractivity contribution >= 4 is 18.1 Å². The van der Waals surface area contributed by atoms with Crippen molar-refractivity contribution in [3.05, 3.63) is 29.3 Å². The van der Waals surface area contributed by atoms with E-state index in [9.17, 15) is 9.59 Å². The zero-order chi connectivity index (χ0) is 13.1. The van der Waals surface area contributed by atoms with Crippen LogP contribution in [0.25, 0.3) is 0 Å². The molecule has 1 aromatic rings. The fraction of sp³-hybridized carbons (Fsp3) is 0.385. The summed E-state index contributed by atoms with van der Waals surface area (Å²) in [5, 5.41) is 11.3. The average Bonchev–Trinajstić information content (AvgIpc) is 2.70. The first-order valence-electron chi connectivity index (χ1n) is 5.87. The molecule has 0 radical (unpaired) electrons. The van der Waals surface area contributed by atoms with Crippen LogP contribution in [0.4, 0.5) is 5.69 Å². The Hall–Kier alpha value is -2.04. The van der Waals surface area contributed by atoms with Gasteiger partial charge in [0.15, 0.2) is 0 Å². The third-order valence-electron chi connectivity index (χ3n) is 3.28. The van der Waals surface area contributed by atoms with Crippen LogP contribution in [-0.2, 0) is 22.4 Å². The second-order valence-electron chi connectivity index (χ2n) is 4.51. The molecule has 1 heterocycles. The van der Waals surface area contributed by atoms with Gasteiger partial charge in [0.1, 0.15) is 6.04 Å². The first-order chi connectivity index (χ1) is 8.61. The number of benzene rings is 1. The number of aliphatic carboxylic acids is 1. The summed E-state index contributed by atoms with van der Waals surface area (Å²) in [6.07, 6.45) is 1.73. The zero-order valence-corrected chi connectivity index (χ0v) is 10.2. The predicted octanol–water partition coefficient (Wildman–Crippen LogP) is 0.421. The van der Waals surface area contributed by atoms with E-state index in [-0.39, 0.29) is 0 Å². The van der Waals surface area contributed by atoms with Gasteiger partial charge in [0.05, 0.1) is 0 Å². The van der Waals surface area contributed by atoms with Crippen LogP contribution in [0.15, 0.2) is 18.2 Å². The molecule has 1 atom stereocenters. The van der Waals surface area contributed by atoms with Gasteiger partial charge >= 0.3 is 5.97 Å². The van der Waals surface area contributed by atoms with Crippen molar-refractivity contribution in [2.75, 3.05) is 18.5 Å². The number of carbonyl (C=O) groups excluding carboxylic acids is 1. The molecular weight excluding hydrogens is 232 g/mol. The van der Waals surface area contributed by atoms with Crippen molar-refractivity contribution in [2.24, 2.45) is 0 Å². The Balaban J connectivity index is 2.15. The molecule has 0 bridgehead atoms. The van der Waals surface area contributed by atoms with E-state index in [4.69, 9.17) is 5.11 Å². The third-order valence-corrected chi connectivity index (χ3v) is 3.28. The number of likely N-dealkylation sites (N-methyl/N-ethyl adjacent to an activating group) is 1. The number of nitrogens with zero attached hydrogens (tertiary/aromatic N) is 1. The summed E-state index contributed by atoms with van der Waals surface area (Å²) in [5.41, 5.74) is 3.38. The van der Waals surface area contributed by atoms with Gasteiger partial charge in [-0.3, -0.25) is 4.79 Å². The normalized spacial score (nSPS) is 15.1. The van der Waals surface area contributed by atoms with E-state index in [0.29, 0.717) is 12.8 Å². The molecule has 96 valence electrons. The number of hydrogen-bond acceptors (Lipinski definition) is 3. The minimum Gasteiger partial charge on any atom is -0.480 e. The van der Waals surface area contributed by atoms with Gasteiger partial charge in [-0.2, -0.15) is 0 Å². The Morgan fingerprint density at radius 1 is 1.61 bits per heavy atom. The molecule has 1 aliphatic heterocycles. The maximum absolute atomic E-state index is 10.9. The second kappa shape index (κ2) is 5.08. The van der Waals surface area contributed by atoms with Crippen LogP contribution >= 0.6 is 0 Å². The Labute approximate surface area is 105 Å². The molecule has 2 rings (SSSR count). The standard InChI is InChI=1S/C13H16N2O3/c1-15-5-4-10-6-9(2-3-12(10)15)7-11(13(17)18)14-8-16/h2-3,6,8,11H,4-5,7H2,1H3,(H,14,16)(H,17,18). The number of carboxylic acid groups (broad SMARTS) is 1. The highest BCUT2D eigenvalue weighted by atomic mass is 16.4. The number of nitrogens with one attached hydrogen (secondary N) is 1. The molecule has 0 aliphatic carbocycles. The molecule has 5 nitrogen and oxygen atoms in total. The highest BCUT2D eigenvalue weighted by molar-refractivity contribution is 5.76. The van der Waals surface area contributed by atoms with E-state index in [1.54, 1.807) is 0 Å². The molecule has 2 N–H and O–H groups in total. The smallest absolute Gasteiger partial charge is 0.326 e. The summed E-state index contributed by atoms with van der Waals surface area (Å²) >= 11 is 0. The van der Waals surface area contributed by atoms with Crippen molar-refractivity contribution in [1.29, 1.82) is 0 Å². The molecular formula is C13H16N2O3. The highest BCUT2D eigenvalue weighted by Crippen LogP contribution is 2.27. The molecule has 18 heavy (non-hydrogen) atoms. The Morgan fingerprint density at radius 3 is 3.06 bits per heavy atom. The zero-order valence-electron chi connectivity index (χ0n) is 10.2. The lowest BCUT2D eigenvalue weighted by Gasteiger charge is -2.14. The number of fused-ring (bicyclic) bond motifs is 1. The van der Waals surface area contributed by atoms with E-state index in [1.165, 1.54) is 11.3 Å². The van der Waals surface area contributed by atoms with E-state index < -0.39 is 12.0 Å². The summed E-state index contributed by atoms with van der Waals surface area (Å²) in [6.45, 7) is 0.994. The topological polar surface area (TPSA) is 69.6 Å². The molecule has 1 aromatic carbocycles. The fourth-order valence-corrected chi connectivity index (χ4v) is 2.28. The number of carbonyl (C=O) groups is 2. The summed E-state index contributed by atoms with van der Waals surface area (Å²) in [6, 6.07) is 5.10. The summed E-state index contributed by atoms with van der Waals surface area (Å²) in [4.78, 5) is 23.5. The van der Waals surface area contributed by atoms with E-state index >= 15 is 0 Å². The van der Waals surface area contributed by atoms with Crippen LogP contribution in [0.1, 0.15) is 11.1 Å². The van der Waals surface area contributed by atoms with Crippen LogP contribution in [0.3, 0.4) is 0 Å². The van der Waals surface area contributed by atoms with Gasteiger partial charge in [-0.1, -0.05) is 12.1 Å². The van der Waals surface area contributed by atoms with Gasteiger partial charge in [-0.05, 0) is 23.6 Å². The van der Waals surface area contributed by atoms with Crippen molar-refractivity contribution in [3.8, 4) is 0 Å². The molecule has 1 amide bonds. The summed E-state index contributed by atoms with van der Waals surface area (Å²) in [7, 11) is 2.04. The van der Waals surface area contributed by atoms with Crippen molar-refractivity contribution < 1.29 is 14.7 Å². The lowest BCUT2D eigenvalue weighted by atomic mass is 10.0. The highest BCUT2D eigenvalue weighted by Gasteiger charge is 2.19. The largest absolute Gasteiger partial charge is 0.480 e. The third kappa shape index (κ3) is 2.45. The Bertz CT molecular complexity index is 473. The monoisotopic (exact) mass is 248 g/mol. The molecule has 0 aromatic heterocycles. The molecule has 1 aliphatic rings. The molecule has 0 fully saturated rings. The average molecular weight is 248 g/mol.